The number of aromatic nitrogens is 2. The summed E-state index contributed by atoms with van der Waals surface area (Å²) in [7, 11) is 0. The summed E-state index contributed by atoms with van der Waals surface area (Å²) in [6.07, 6.45) is 6.35. The Hall–Kier alpha value is -1.95. The van der Waals surface area contributed by atoms with E-state index in [9.17, 15) is 9.18 Å². The molecule has 1 aliphatic carbocycles. The Morgan fingerprint density at radius 1 is 1.12 bits per heavy atom. The molecule has 2 aliphatic rings. The molecule has 1 aliphatic heterocycles. The van der Waals surface area contributed by atoms with Gasteiger partial charge < -0.3 is 9.47 Å². The maximum Gasteiger partial charge on any atom is 0.225 e. The van der Waals surface area contributed by atoms with Crippen LogP contribution in [0.15, 0.2) is 24.5 Å². The van der Waals surface area contributed by atoms with Crippen molar-refractivity contribution in [3.63, 3.8) is 0 Å². The van der Waals surface area contributed by atoms with Crippen LogP contribution in [0, 0.1) is 11.7 Å². The van der Waals surface area contributed by atoms with E-state index in [0.29, 0.717) is 11.4 Å². The third kappa shape index (κ3) is 3.54. The lowest BCUT2D eigenvalue weighted by Gasteiger charge is -2.36. The van der Waals surface area contributed by atoms with Crippen molar-refractivity contribution < 1.29 is 9.18 Å². The SMILES string of the molecule is O=C(C1CCCC1)N1CCN(CCn2cnc3cc(F)ccc32)CC1. The van der Waals surface area contributed by atoms with E-state index in [1.165, 1.54) is 25.0 Å². The van der Waals surface area contributed by atoms with Gasteiger partial charge in [0.05, 0.1) is 17.4 Å². The second kappa shape index (κ2) is 7.12. The Kier molecular flexibility index (Phi) is 4.70. The van der Waals surface area contributed by atoms with Crippen molar-refractivity contribution in [2.24, 2.45) is 5.92 Å². The van der Waals surface area contributed by atoms with E-state index < -0.39 is 0 Å². The Morgan fingerprint density at radius 2 is 1.88 bits per heavy atom. The average Bonchev–Trinajstić information content (AvgIpc) is 3.29. The van der Waals surface area contributed by atoms with Gasteiger partial charge >= 0.3 is 0 Å². The number of amides is 1. The molecule has 2 aromatic rings. The lowest BCUT2D eigenvalue weighted by molar-refractivity contribution is -0.137. The number of benzene rings is 1. The minimum Gasteiger partial charge on any atom is -0.340 e. The maximum atomic E-state index is 13.2. The van der Waals surface area contributed by atoms with Gasteiger partial charge in [-0.15, -0.1) is 0 Å². The molecule has 5 nitrogen and oxygen atoms in total. The van der Waals surface area contributed by atoms with Gasteiger partial charge in [0.25, 0.3) is 0 Å². The first-order valence-electron chi connectivity index (χ1n) is 9.32. The molecule has 1 amide bonds. The molecule has 1 saturated carbocycles. The summed E-state index contributed by atoms with van der Waals surface area (Å²) in [5.41, 5.74) is 1.67. The number of piperazine rings is 1. The van der Waals surface area contributed by atoms with E-state index in [2.05, 4.69) is 19.4 Å². The van der Waals surface area contributed by atoms with Crippen molar-refractivity contribution in [2.75, 3.05) is 32.7 Å². The molecule has 1 saturated heterocycles. The lowest BCUT2D eigenvalue weighted by Crippen LogP contribution is -2.50. The summed E-state index contributed by atoms with van der Waals surface area (Å²) in [5, 5.41) is 0. The van der Waals surface area contributed by atoms with Gasteiger partial charge in [-0.05, 0) is 25.0 Å². The van der Waals surface area contributed by atoms with Crippen LogP contribution < -0.4 is 0 Å². The van der Waals surface area contributed by atoms with Crippen molar-refractivity contribution in [3.05, 3.63) is 30.3 Å². The summed E-state index contributed by atoms with van der Waals surface area (Å²) in [5.74, 6) is 0.407. The summed E-state index contributed by atoms with van der Waals surface area (Å²) < 4.78 is 15.3. The highest BCUT2D eigenvalue weighted by molar-refractivity contribution is 5.79. The van der Waals surface area contributed by atoms with Crippen molar-refractivity contribution in [1.29, 1.82) is 0 Å². The van der Waals surface area contributed by atoms with Gasteiger partial charge in [-0.3, -0.25) is 9.69 Å². The molecule has 25 heavy (non-hydrogen) atoms. The molecule has 0 unspecified atom stereocenters. The number of nitrogens with zero attached hydrogens (tertiary/aromatic N) is 4. The van der Waals surface area contributed by atoms with Gasteiger partial charge in [0.1, 0.15) is 5.82 Å². The molecule has 0 spiro atoms. The molecule has 0 radical (unpaired) electrons. The number of rotatable bonds is 4. The van der Waals surface area contributed by atoms with Crippen molar-refractivity contribution in [3.8, 4) is 0 Å². The number of hydrogen-bond donors (Lipinski definition) is 0. The first-order valence-corrected chi connectivity index (χ1v) is 9.32. The normalized spacial score (nSPS) is 19.8. The minimum atomic E-state index is -0.249. The van der Waals surface area contributed by atoms with E-state index in [1.807, 2.05) is 0 Å². The molecule has 1 aromatic heterocycles. The van der Waals surface area contributed by atoms with Crippen molar-refractivity contribution in [2.45, 2.75) is 32.2 Å². The summed E-state index contributed by atoms with van der Waals surface area (Å²) in [4.78, 5) is 21.2. The van der Waals surface area contributed by atoms with Crippen LogP contribution >= 0.6 is 0 Å². The fraction of sp³-hybridized carbons (Fsp3) is 0.579. The van der Waals surface area contributed by atoms with E-state index in [1.54, 1.807) is 12.4 Å². The number of carbonyl (C=O) groups is 1. The maximum absolute atomic E-state index is 13.2. The largest absolute Gasteiger partial charge is 0.340 e. The van der Waals surface area contributed by atoms with Gasteiger partial charge in [0, 0.05) is 51.3 Å². The van der Waals surface area contributed by atoms with Crippen molar-refractivity contribution >= 4 is 16.9 Å². The molecule has 4 rings (SSSR count). The molecule has 0 N–H and O–H groups in total. The quantitative estimate of drug-likeness (QED) is 0.856. The zero-order valence-corrected chi connectivity index (χ0v) is 14.5. The predicted molar refractivity (Wildman–Crippen MR) is 94.7 cm³/mol. The van der Waals surface area contributed by atoms with Gasteiger partial charge in [0.2, 0.25) is 5.91 Å². The third-order valence-electron chi connectivity index (χ3n) is 5.63. The molecule has 2 heterocycles. The van der Waals surface area contributed by atoms with Crippen LogP contribution in [-0.2, 0) is 11.3 Å². The Balaban J connectivity index is 1.29. The molecular weight excluding hydrogens is 319 g/mol. The number of imidazole rings is 1. The molecule has 1 aromatic carbocycles. The lowest BCUT2D eigenvalue weighted by atomic mass is 10.1. The fourth-order valence-corrected chi connectivity index (χ4v) is 4.09. The van der Waals surface area contributed by atoms with Gasteiger partial charge in [-0.2, -0.15) is 0 Å². The van der Waals surface area contributed by atoms with Crippen LogP contribution in [-0.4, -0.2) is 58.0 Å². The molecule has 2 fully saturated rings. The second-order valence-electron chi connectivity index (χ2n) is 7.22. The Labute approximate surface area is 147 Å². The van der Waals surface area contributed by atoms with Crippen molar-refractivity contribution in [1.82, 2.24) is 19.4 Å². The fourth-order valence-electron chi connectivity index (χ4n) is 4.09. The Morgan fingerprint density at radius 3 is 2.64 bits per heavy atom. The van der Waals surface area contributed by atoms with Crippen LogP contribution in [0.1, 0.15) is 25.7 Å². The summed E-state index contributed by atoms with van der Waals surface area (Å²) in [6, 6.07) is 4.74. The highest BCUT2D eigenvalue weighted by atomic mass is 19.1. The van der Waals surface area contributed by atoms with E-state index in [-0.39, 0.29) is 11.7 Å². The van der Waals surface area contributed by atoms with E-state index in [0.717, 1.165) is 57.6 Å². The molecule has 134 valence electrons. The molecule has 0 atom stereocenters. The summed E-state index contributed by atoms with van der Waals surface area (Å²) in [6.45, 7) is 5.29. The number of halogens is 1. The standard InChI is InChI=1S/C19H25FN4O/c20-16-5-6-18-17(13-16)21-14-24(18)12-9-22-7-10-23(11-8-22)19(25)15-3-1-2-4-15/h5-6,13-15H,1-4,7-12H2. The zero-order valence-electron chi connectivity index (χ0n) is 14.5. The van der Waals surface area contributed by atoms with Crippen LogP contribution in [0.4, 0.5) is 4.39 Å². The first kappa shape index (κ1) is 16.5. The van der Waals surface area contributed by atoms with E-state index in [4.69, 9.17) is 0 Å². The first-order chi connectivity index (χ1) is 12.2. The summed E-state index contributed by atoms with van der Waals surface area (Å²) >= 11 is 0. The molecule has 6 heteroatoms. The minimum absolute atomic E-state index is 0.249. The zero-order chi connectivity index (χ0) is 17.2. The number of fused-ring (bicyclic) bond motifs is 1. The van der Waals surface area contributed by atoms with E-state index >= 15 is 0 Å². The molecule has 0 bridgehead atoms. The predicted octanol–water partition coefficient (Wildman–Crippen LogP) is 2.51. The Bertz CT molecular complexity index is 745. The number of hydrogen-bond acceptors (Lipinski definition) is 3. The van der Waals surface area contributed by atoms with Gasteiger partial charge in [-0.1, -0.05) is 12.8 Å². The van der Waals surface area contributed by atoms with Gasteiger partial charge in [-0.25, -0.2) is 9.37 Å². The van der Waals surface area contributed by atoms with Crippen LogP contribution in [0.3, 0.4) is 0 Å². The van der Waals surface area contributed by atoms with Gasteiger partial charge in [0.15, 0.2) is 0 Å². The van der Waals surface area contributed by atoms with Crippen LogP contribution in [0.25, 0.3) is 11.0 Å². The smallest absolute Gasteiger partial charge is 0.225 e. The second-order valence-corrected chi connectivity index (χ2v) is 7.22. The highest BCUT2D eigenvalue weighted by Crippen LogP contribution is 2.27. The van der Waals surface area contributed by atoms with Crippen LogP contribution in [0.5, 0.6) is 0 Å². The third-order valence-corrected chi connectivity index (χ3v) is 5.63. The topological polar surface area (TPSA) is 41.4 Å². The highest BCUT2D eigenvalue weighted by Gasteiger charge is 2.29. The number of carbonyl (C=O) groups excluding carboxylic acids is 1. The van der Waals surface area contributed by atoms with Crippen LogP contribution in [0.2, 0.25) is 0 Å². The average molecular weight is 344 g/mol. The monoisotopic (exact) mass is 344 g/mol. The molecular formula is C19H25FN4O.